The van der Waals surface area contributed by atoms with Gasteiger partial charge in [0, 0.05) is 0 Å². The van der Waals surface area contributed by atoms with Crippen LogP contribution in [0.1, 0.15) is 56.0 Å². The van der Waals surface area contributed by atoms with Gasteiger partial charge in [-0.15, -0.1) is 0 Å². The molecule has 2 aromatic rings. The highest BCUT2D eigenvalue weighted by atomic mass is 16.5. The molecule has 2 rings (SSSR count). The number of nitrogens with one attached hydrogen (secondary N) is 2. The first-order valence-electron chi connectivity index (χ1n) is 9.51. The molecule has 2 N–H and O–H groups in total. The van der Waals surface area contributed by atoms with E-state index in [1.165, 1.54) is 5.56 Å². The second kappa shape index (κ2) is 10.3. The van der Waals surface area contributed by atoms with Crippen LogP contribution in [0.25, 0.3) is 0 Å². The Hall–Kier alpha value is -3.02. The fourth-order valence-electron chi connectivity index (χ4n) is 2.47. The van der Waals surface area contributed by atoms with Gasteiger partial charge in [0.05, 0.1) is 12.2 Å². The van der Waals surface area contributed by atoms with E-state index in [2.05, 4.69) is 24.7 Å². The van der Waals surface area contributed by atoms with Crippen molar-refractivity contribution in [1.82, 2.24) is 10.9 Å². The molecular weight excluding hydrogens is 356 g/mol. The van der Waals surface area contributed by atoms with E-state index in [1.54, 1.807) is 31.2 Å². The highest BCUT2D eigenvalue weighted by molar-refractivity contribution is 5.98. The zero-order chi connectivity index (χ0) is 20.5. The summed E-state index contributed by atoms with van der Waals surface area (Å²) in [5.74, 6) is 0.596. The smallest absolute Gasteiger partial charge is 0.279 e. The van der Waals surface area contributed by atoms with E-state index < -0.39 is 17.9 Å². The van der Waals surface area contributed by atoms with Crippen molar-refractivity contribution in [2.24, 2.45) is 0 Å². The van der Waals surface area contributed by atoms with Gasteiger partial charge in [-0.2, -0.15) is 0 Å². The van der Waals surface area contributed by atoms with Crippen molar-refractivity contribution in [3.8, 4) is 11.5 Å². The average Bonchev–Trinajstić information content (AvgIpc) is 2.70. The predicted molar refractivity (Wildman–Crippen MR) is 108 cm³/mol. The van der Waals surface area contributed by atoms with E-state index in [4.69, 9.17) is 9.47 Å². The molecule has 0 aromatic heterocycles. The van der Waals surface area contributed by atoms with E-state index in [1.807, 2.05) is 31.2 Å². The first kappa shape index (κ1) is 21.3. The maximum Gasteiger partial charge on any atom is 0.279 e. The third-order valence-corrected chi connectivity index (χ3v) is 4.12. The zero-order valence-corrected chi connectivity index (χ0v) is 16.8. The molecule has 150 valence electrons. The van der Waals surface area contributed by atoms with Gasteiger partial charge in [-0.1, -0.05) is 45.0 Å². The van der Waals surface area contributed by atoms with E-state index in [9.17, 15) is 9.59 Å². The van der Waals surface area contributed by atoms with E-state index in [0.717, 1.165) is 6.42 Å². The number of para-hydroxylation sites is 1. The lowest BCUT2D eigenvalue weighted by molar-refractivity contribution is -0.128. The normalized spacial score (nSPS) is 11.6. The maximum absolute atomic E-state index is 12.4. The summed E-state index contributed by atoms with van der Waals surface area (Å²) < 4.78 is 11.2. The first-order valence-corrected chi connectivity index (χ1v) is 9.51. The Labute approximate surface area is 166 Å². The summed E-state index contributed by atoms with van der Waals surface area (Å²) in [6.45, 7) is 8.34. The molecule has 2 aromatic carbocycles. The number of benzene rings is 2. The Morgan fingerprint density at radius 2 is 1.64 bits per heavy atom. The number of carbonyl (C=O) groups is 2. The Morgan fingerprint density at radius 3 is 2.29 bits per heavy atom. The highest BCUT2D eigenvalue weighted by Gasteiger charge is 2.17. The summed E-state index contributed by atoms with van der Waals surface area (Å²) in [5, 5.41) is 0. The SMILES string of the molecule is CCCOc1ccccc1C(=O)NNC(=O)[C@@H](C)Oc1ccc(C(C)C)cc1. The van der Waals surface area contributed by atoms with E-state index in [0.29, 0.717) is 29.6 Å². The maximum atomic E-state index is 12.4. The van der Waals surface area contributed by atoms with Gasteiger partial charge in [0.25, 0.3) is 11.8 Å². The van der Waals surface area contributed by atoms with Crippen molar-refractivity contribution in [3.63, 3.8) is 0 Å². The third-order valence-electron chi connectivity index (χ3n) is 4.12. The van der Waals surface area contributed by atoms with Crippen LogP contribution in [0.4, 0.5) is 0 Å². The molecule has 0 saturated heterocycles. The standard InChI is InChI=1S/C22H28N2O4/c1-5-14-27-20-9-7-6-8-19(20)22(26)24-23-21(25)16(4)28-18-12-10-17(11-13-18)15(2)3/h6-13,15-16H,5,14H2,1-4H3,(H,23,25)(H,24,26)/t16-/m1/s1. The number of carbonyl (C=O) groups excluding carboxylic acids is 2. The highest BCUT2D eigenvalue weighted by Crippen LogP contribution is 2.20. The van der Waals surface area contributed by atoms with Crippen LogP contribution in [0.5, 0.6) is 11.5 Å². The molecule has 0 aliphatic heterocycles. The predicted octanol–water partition coefficient (Wildman–Crippen LogP) is 3.83. The lowest BCUT2D eigenvalue weighted by Crippen LogP contribution is -2.47. The Kier molecular flexibility index (Phi) is 7.87. The number of rotatable bonds is 8. The minimum absolute atomic E-state index is 0.356. The second-order valence-electron chi connectivity index (χ2n) is 6.77. The van der Waals surface area contributed by atoms with Crippen LogP contribution >= 0.6 is 0 Å². The average molecular weight is 384 g/mol. The molecule has 0 radical (unpaired) electrons. The minimum Gasteiger partial charge on any atom is -0.493 e. The van der Waals surface area contributed by atoms with Crippen molar-refractivity contribution >= 4 is 11.8 Å². The number of ether oxygens (including phenoxy) is 2. The summed E-state index contributed by atoms with van der Waals surface area (Å²) in [5.41, 5.74) is 6.35. The molecule has 0 saturated carbocycles. The van der Waals surface area contributed by atoms with Crippen molar-refractivity contribution in [2.75, 3.05) is 6.61 Å². The minimum atomic E-state index is -0.767. The monoisotopic (exact) mass is 384 g/mol. The fourth-order valence-corrected chi connectivity index (χ4v) is 2.47. The second-order valence-corrected chi connectivity index (χ2v) is 6.77. The van der Waals surface area contributed by atoms with E-state index in [-0.39, 0.29) is 0 Å². The van der Waals surface area contributed by atoms with Crippen molar-refractivity contribution in [1.29, 1.82) is 0 Å². The molecule has 0 aliphatic rings. The van der Waals surface area contributed by atoms with Crippen molar-refractivity contribution in [2.45, 2.75) is 46.1 Å². The van der Waals surface area contributed by atoms with Crippen LogP contribution in [0.15, 0.2) is 48.5 Å². The van der Waals surface area contributed by atoms with Gasteiger partial charge in [-0.3, -0.25) is 20.4 Å². The van der Waals surface area contributed by atoms with Crippen LogP contribution in [0.3, 0.4) is 0 Å². The fraction of sp³-hybridized carbons (Fsp3) is 0.364. The Bertz CT molecular complexity index is 787. The summed E-state index contributed by atoms with van der Waals surface area (Å²) >= 11 is 0. The number of hydrogen-bond acceptors (Lipinski definition) is 4. The van der Waals surface area contributed by atoms with Gasteiger partial charge in [0.1, 0.15) is 11.5 Å². The number of hydrazine groups is 1. The quantitative estimate of drug-likeness (QED) is 0.678. The lowest BCUT2D eigenvalue weighted by atomic mass is 10.0. The third kappa shape index (κ3) is 6.01. The van der Waals surface area contributed by atoms with Crippen LogP contribution in [0, 0.1) is 0 Å². The molecule has 6 nitrogen and oxygen atoms in total. The largest absolute Gasteiger partial charge is 0.493 e. The molecule has 0 spiro atoms. The first-order chi connectivity index (χ1) is 13.4. The van der Waals surface area contributed by atoms with Crippen LogP contribution < -0.4 is 20.3 Å². The number of amides is 2. The molecule has 0 unspecified atom stereocenters. The van der Waals surface area contributed by atoms with Crippen molar-refractivity contribution < 1.29 is 19.1 Å². The molecule has 6 heteroatoms. The van der Waals surface area contributed by atoms with E-state index >= 15 is 0 Å². The molecule has 0 heterocycles. The van der Waals surface area contributed by atoms with Crippen LogP contribution in [-0.4, -0.2) is 24.5 Å². The summed E-state index contributed by atoms with van der Waals surface area (Å²) in [4.78, 5) is 24.6. The van der Waals surface area contributed by atoms with Gasteiger partial charge < -0.3 is 9.47 Å². The molecule has 28 heavy (non-hydrogen) atoms. The zero-order valence-electron chi connectivity index (χ0n) is 16.8. The molecule has 0 bridgehead atoms. The van der Waals surface area contributed by atoms with Gasteiger partial charge in [0.2, 0.25) is 0 Å². The van der Waals surface area contributed by atoms with Crippen LogP contribution in [0.2, 0.25) is 0 Å². The molecule has 1 atom stereocenters. The topological polar surface area (TPSA) is 76.7 Å². The van der Waals surface area contributed by atoms with Gasteiger partial charge in [0.15, 0.2) is 6.10 Å². The lowest BCUT2D eigenvalue weighted by Gasteiger charge is -2.16. The van der Waals surface area contributed by atoms with Gasteiger partial charge in [-0.05, 0) is 49.1 Å². The molecule has 0 fully saturated rings. The van der Waals surface area contributed by atoms with Crippen LogP contribution in [-0.2, 0) is 4.79 Å². The Morgan fingerprint density at radius 1 is 0.964 bits per heavy atom. The summed E-state index contributed by atoms with van der Waals surface area (Å²) in [6, 6.07) is 14.5. The molecular formula is C22H28N2O4. The molecule has 0 aliphatic carbocycles. The van der Waals surface area contributed by atoms with Gasteiger partial charge >= 0.3 is 0 Å². The Balaban J connectivity index is 1.89. The molecule has 2 amide bonds. The van der Waals surface area contributed by atoms with Gasteiger partial charge in [-0.25, -0.2) is 0 Å². The summed E-state index contributed by atoms with van der Waals surface area (Å²) in [7, 11) is 0. The van der Waals surface area contributed by atoms with Crippen molar-refractivity contribution in [3.05, 3.63) is 59.7 Å². The summed E-state index contributed by atoms with van der Waals surface area (Å²) in [6.07, 6.45) is 0.0662. The number of hydrogen-bond donors (Lipinski definition) is 2.